The Bertz CT molecular complexity index is 561. The van der Waals surface area contributed by atoms with Crippen LogP contribution in [0, 0.1) is 11.8 Å². The first-order valence-electron chi connectivity index (χ1n) is 6.73. The van der Waals surface area contributed by atoms with Crippen LogP contribution in [-0.4, -0.2) is 15.4 Å². The van der Waals surface area contributed by atoms with Gasteiger partial charge < -0.3 is 4.57 Å². The van der Waals surface area contributed by atoms with Crippen LogP contribution < -0.4 is 0 Å². The number of fused-ring (bicyclic) bond motifs is 1. The third kappa shape index (κ3) is 3.24. The molecule has 0 aliphatic heterocycles. The molecule has 0 N–H and O–H groups in total. The molecule has 4 heteroatoms. The zero-order valence-corrected chi connectivity index (χ0v) is 13.2. The van der Waals surface area contributed by atoms with E-state index in [2.05, 4.69) is 36.4 Å². The molecule has 0 aliphatic carbocycles. The zero-order chi connectivity index (χ0) is 14.0. The third-order valence-corrected chi connectivity index (χ3v) is 4.14. The summed E-state index contributed by atoms with van der Waals surface area (Å²) in [5, 5.41) is 0.728. The molecule has 1 unspecified atom stereocenters. The molecule has 104 valence electrons. The minimum Gasteiger partial charge on any atom is -0.328 e. The van der Waals surface area contributed by atoms with Crippen molar-refractivity contribution in [3.8, 4) is 0 Å². The normalized spacial score (nSPS) is 13.4. The lowest BCUT2D eigenvalue weighted by atomic mass is 9.98. The van der Waals surface area contributed by atoms with Gasteiger partial charge in [0.15, 0.2) is 0 Å². The number of benzene rings is 1. The first-order valence-corrected chi connectivity index (χ1v) is 7.64. The van der Waals surface area contributed by atoms with Gasteiger partial charge in [-0.05, 0) is 30.0 Å². The Balaban J connectivity index is 2.45. The Morgan fingerprint density at radius 1 is 1.26 bits per heavy atom. The summed E-state index contributed by atoms with van der Waals surface area (Å²) >= 11 is 11.9. The predicted octanol–water partition coefficient (Wildman–Crippen LogP) is 4.76. The van der Waals surface area contributed by atoms with Crippen LogP contribution in [-0.2, 0) is 13.0 Å². The smallest absolute Gasteiger partial charge is 0.111 e. The summed E-state index contributed by atoms with van der Waals surface area (Å²) in [6.07, 6.45) is 0.790. The maximum absolute atomic E-state index is 6.04. The highest BCUT2D eigenvalue weighted by atomic mass is 35.5. The van der Waals surface area contributed by atoms with Crippen LogP contribution in [0.25, 0.3) is 11.0 Å². The lowest BCUT2D eigenvalue weighted by molar-refractivity contribution is 0.364. The van der Waals surface area contributed by atoms with Crippen LogP contribution in [0.5, 0.6) is 0 Å². The van der Waals surface area contributed by atoms with Gasteiger partial charge >= 0.3 is 0 Å². The molecule has 1 atom stereocenters. The topological polar surface area (TPSA) is 17.8 Å². The van der Waals surface area contributed by atoms with Gasteiger partial charge in [-0.25, -0.2) is 4.98 Å². The van der Waals surface area contributed by atoms with E-state index >= 15 is 0 Å². The van der Waals surface area contributed by atoms with E-state index in [0.29, 0.717) is 17.7 Å². The number of hydrogen-bond donors (Lipinski definition) is 0. The largest absolute Gasteiger partial charge is 0.328 e. The standard InChI is InChI=1S/C15H20Cl2N2/c1-10(2)11(3)9-19-14-5-4-12(17)8-13(14)18-15(19)6-7-16/h4-5,8,10-11H,6-7,9H2,1-3H3. The van der Waals surface area contributed by atoms with Crippen molar-refractivity contribution in [3.05, 3.63) is 29.0 Å². The molecule has 0 aliphatic rings. The molecule has 0 radical (unpaired) electrons. The van der Waals surface area contributed by atoms with Gasteiger partial charge in [-0.2, -0.15) is 0 Å². The number of hydrogen-bond acceptors (Lipinski definition) is 1. The van der Waals surface area contributed by atoms with Crippen molar-refractivity contribution in [2.24, 2.45) is 11.8 Å². The van der Waals surface area contributed by atoms with Crippen LogP contribution in [0.3, 0.4) is 0 Å². The highest BCUT2D eigenvalue weighted by Crippen LogP contribution is 2.23. The van der Waals surface area contributed by atoms with Crippen LogP contribution in [0.2, 0.25) is 5.02 Å². The zero-order valence-electron chi connectivity index (χ0n) is 11.7. The van der Waals surface area contributed by atoms with E-state index in [-0.39, 0.29) is 0 Å². The third-order valence-electron chi connectivity index (χ3n) is 3.72. The van der Waals surface area contributed by atoms with Crippen molar-refractivity contribution in [3.63, 3.8) is 0 Å². The Kier molecular flexibility index (Phi) is 4.75. The first kappa shape index (κ1) is 14.7. The molecule has 0 saturated carbocycles. The molecule has 2 rings (SSSR count). The summed E-state index contributed by atoms with van der Waals surface area (Å²) in [6, 6.07) is 5.90. The lowest BCUT2D eigenvalue weighted by Crippen LogP contribution is -2.15. The van der Waals surface area contributed by atoms with Gasteiger partial charge in [-0.15, -0.1) is 11.6 Å². The fraction of sp³-hybridized carbons (Fsp3) is 0.533. The molecule has 0 amide bonds. The lowest BCUT2D eigenvalue weighted by Gasteiger charge is -2.18. The Labute approximate surface area is 124 Å². The highest BCUT2D eigenvalue weighted by Gasteiger charge is 2.15. The molecule has 1 aromatic heterocycles. The number of alkyl halides is 1. The van der Waals surface area contributed by atoms with Crippen molar-refractivity contribution in [1.82, 2.24) is 9.55 Å². The minimum absolute atomic E-state index is 0.590. The molecule has 2 nitrogen and oxygen atoms in total. The van der Waals surface area contributed by atoms with E-state index in [9.17, 15) is 0 Å². The average molecular weight is 299 g/mol. The fourth-order valence-corrected chi connectivity index (χ4v) is 2.47. The molecule has 0 saturated heterocycles. The first-order chi connectivity index (χ1) is 9.02. The summed E-state index contributed by atoms with van der Waals surface area (Å²) in [5.74, 6) is 2.89. The van der Waals surface area contributed by atoms with Gasteiger partial charge in [-0.1, -0.05) is 32.4 Å². The Morgan fingerprint density at radius 2 is 2.00 bits per heavy atom. The molecule has 1 heterocycles. The molecule has 2 aromatic rings. The summed E-state index contributed by atoms with van der Waals surface area (Å²) in [7, 11) is 0. The SMILES string of the molecule is CC(C)C(C)Cn1c(CCCl)nc2cc(Cl)ccc21. The highest BCUT2D eigenvalue weighted by molar-refractivity contribution is 6.31. The van der Waals surface area contributed by atoms with Gasteiger partial charge in [0.2, 0.25) is 0 Å². The number of aryl methyl sites for hydroxylation is 1. The summed E-state index contributed by atoms with van der Waals surface area (Å²) in [6.45, 7) is 7.75. The van der Waals surface area contributed by atoms with Gasteiger partial charge in [0, 0.05) is 23.9 Å². The summed E-state index contributed by atoms with van der Waals surface area (Å²) in [4.78, 5) is 4.67. The fourth-order valence-electron chi connectivity index (χ4n) is 2.13. The monoisotopic (exact) mass is 298 g/mol. The molecule has 0 bridgehead atoms. The van der Waals surface area contributed by atoms with Gasteiger partial charge in [0.05, 0.1) is 11.0 Å². The second kappa shape index (κ2) is 6.15. The summed E-state index contributed by atoms with van der Waals surface area (Å²) < 4.78 is 2.29. The van der Waals surface area contributed by atoms with Gasteiger partial charge in [-0.3, -0.25) is 0 Å². The second-order valence-electron chi connectivity index (χ2n) is 5.43. The van der Waals surface area contributed by atoms with Crippen LogP contribution in [0.1, 0.15) is 26.6 Å². The van der Waals surface area contributed by atoms with E-state index < -0.39 is 0 Å². The van der Waals surface area contributed by atoms with E-state index in [1.54, 1.807) is 0 Å². The summed E-state index contributed by atoms with van der Waals surface area (Å²) in [5.41, 5.74) is 2.11. The van der Waals surface area contributed by atoms with Crippen molar-refractivity contribution in [2.75, 3.05) is 5.88 Å². The van der Waals surface area contributed by atoms with E-state index in [4.69, 9.17) is 23.2 Å². The quantitative estimate of drug-likeness (QED) is 0.728. The molecular formula is C15H20Cl2N2. The second-order valence-corrected chi connectivity index (χ2v) is 6.25. The molecule has 19 heavy (non-hydrogen) atoms. The Hall–Kier alpha value is -0.730. The maximum atomic E-state index is 6.04. The Morgan fingerprint density at radius 3 is 2.63 bits per heavy atom. The van der Waals surface area contributed by atoms with Crippen molar-refractivity contribution < 1.29 is 0 Å². The van der Waals surface area contributed by atoms with Gasteiger partial charge in [0.25, 0.3) is 0 Å². The van der Waals surface area contributed by atoms with Crippen molar-refractivity contribution >= 4 is 34.2 Å². The van der Waals surface area contributed by atoms with Crippen molar-refractivity contribution in [2.45, 2.75) is 33.7 Å². The predicted molar refractivity (Wildman–Crippen MR) is 83.2 cm³/mol. The van der Waals surface area contributed by atoms with Crippen molar-refractivity contribution in [1.29, 1.82) is 0 Å². The number of nitrogens with zero attached hydrogens (tertiary/aromatic N) is 2. The van der Waals surface area contributed by atoms with E-state index in [0.717, 1.165) is 34.8 Å². The van der Waals surface area contributed by atoms with Crippen LogP contribution in [0.4, 0.5) is 0 Å². The van der Waals surface area contributed by atoms with E-state index in [1.807, 2.05) is 12.1 Å². The molecular weight excluding hydrogens is 279 g/mol. The number of imidazole rings is 1. The molecule has 0 fully saturated rings. The number of halogens is 2. The average Bonchev–Trinajstić information content (AvgIpc) is 2.67. The van der Waals surface area contributed by atoms with Crippen LogP contribution in [0.15, 0.2) is 18.2 Å². The number of rotatable bonds is 5. The van der Waals surface area contributed by atoms with Crippen LogP contribution >= 0.6 is 23.2 Å². The maximum Gasteiger partial charge on any atom is 0.111 e. The number of aromatic nitrogens is 2. The van der Waals surface area contributed by atoms with Gasteiger partial charge in [0.1, 0.15) is 5.82 Å². The minimum atomic E-state index is 0.590. The molecule has 0 spiro atoms. The molecule has 1 aromatic carbocycles. The van der Waals surface area contributed by atoms with E-state index in [1.165, 1.54) is 0 Å².